The van der Waals surface area contributed by atoms with Crippen molar-refractivity contribution in [2.45, 2.75) is 13.3 Å². The molecule has 1 saturated heterocycles. The van der Waals surface area contributed by atoms with Gasteiger partial charge in [0.1, 0.15) is 0 Å². The van der Waals surface area contributed by atoms with Crippen LogP contribution in [0.4, 0.5) is 0 Å². The summed E-state index contributed by atoms with van der Waals surface area (Å²) in [6.45, 7) is 3.74. The number of carbonyl (C=O) groups excluding carboxylic acids is 1. The molecule has 1 aliphatic rings. The number of carbonyl (C=O) groups is 1. The summed E-state index contributed by atoms with van der Waals surface area (Å²) >= 11 is 0. The van der Waals surface area contributed by atoms with Gasteiger partial charge < -0.3 is 4.90 Å². The molecule has 3 rings (SSSR count). The Hall–Kier alpha value is -2.19. The summed E-state index contributed by atoms with van der Waals surface area (Å²) in [6.07, 6.45) is 3.59. The molecule has 0 radical (unpaired) electrons. The van der Waals surface area contributed by atoms with Crippen LogP contribution < -0.4 is 0 Å². The van der Waals surface area contributed by atoms with Crippen molar-refractivity contribution >= 4 is 15.9 Å². The summed E-state index contributed by atoms with van der Waals surface area (Å²) in [7, 11) is -3.21. The van der Waals surface area contributed by atoms with Gasteiger partial charge in [-0.2, -0.15) is 5.10 Å². The van der Waals surface area contributed by atoms with Gasteiger partial charge in [0.25, 0.3) is 5.91 Å². The topological polar surface area (TPSA) is 75.5 Å². The zero-order chi connectivity index (χ0) is 18.0. The lowest BCUT2D eigenvalue weighted by atomic mass is 10.1. The summed E-state index contributed by atoms with van der Waals surface area (Å²) in [6, 6.07) is 9.24. The third-order valence-electron chi connectivity index (χ3n) is 4.40. The van der Waals surface area contributed by atoms with Gasteiger partial charge in [0.2, 0.25) is 10.0 Å². The molecule has 0 bridgehead atoms. The number of amides is 1. The highest BCUT2D eigenvalue weighted by atomic mass is 32.2. The molecule has 25 heavy (non-hydrogen) atoms. The minimum atomic E-state index is -3.21. The third-order valence-corrected chi connectivity index (χ3v) is 5.71. The molecule has 7 nitrogen and oxygen atoms in total. The van der Waals surface area contributed by atoms with Gasteiger partial charge in [-0.25, -0.2) is 17.4 Å². The van der Waals surface area contributed by atoms with Gasteiger partial charge in [0.15, 0.2) is 0 Å². The molecule has 1 amide bonds. The monoisotopic (exact) mass is 362 g/mol. The number of nitrogens with zero attached hydrogens (tertiary/aromatic N) is 4. The molecule has 2 aromatic rings. The van der Waals surface area contributed by atoms with E-state index in [0.29, 0.717) is 38.2 Å². The van der Waals surface area contributed by atoms with Crippen LogP contribution in [0.25, 0.3) is 5.69 Å². The lowest BCUT2D eigenvalue weighted by molar-refractivity contribution is 0.0764. The van der Waals surface area contributed by atoms with Gasteiger partial charge in [0, 0.05) is 43.6 Å². The van der Waals surface area contributed by atoms with Crippen LogP contribution in [0.15, 0.2) is 36.5 Å². The first kappa shape index (κ1) is 17.6. The van der Waals surface area contributed by atoms with Crippen LogP contribution in [0.1, 0.15) is 22.5 Å². The number of aromatic nitrogens is 2. The highest BCUT2D eigenvalue weighted by molar-refractivity contribution is 7.88. The number of rotatable bonds is 3. The van der Waals surface area contributed by atoms with E-state index < -0.39 is 10.0 Å². The largest absolute Gasteiger partial charge is 0.337 e. The number of benzene rings is 1. The zero-order valence-corrected chi connectivity index (χ0v) is 15.2. The maximum absolute atomic E-state index is 12.7. The van der Waals surface area contributed by atoms with Crippen LogP contribution in [-0.4, -0.2) is 65.7 Å². The Morgan fingerprint density at radius 1 is 1.04 bits per heavy atom. The average Bonchev–Trinajstić information content (AvgIpc) is 2.84. The summed E-state index contributed by atoms with van der Waals surface area (Å²) in [5.41, 5.74) is 2.52. The Kier molecular flexibility index (Phi) is 4.91. The van der Waals surface area contributed by atoms with Crippen molar-refractivity contribution < 1.29 is 13.2 Å². The highest BCUT2D eigenvalue weighted by Gasteiger charge is 2.24. The Morgan fingerprint density at radius 2 is 1.76 bits per heavy atom. The molecule has 1 aromatic heterocycles. The molecule has 0 saturated carbocycles. The molecule has 1 aromatic carbocycles. The minimum absolute atomic E-state index is 0.0703. The maximum atomic E-state index is 12.7. The van der Waals surface area contributed by atoms with Crippen molar-refractivity contribution in [1.82, 2.24) is 19.0 Å². The van der Waals surface area contributed by atoms with Crippen molar-refractivity contribution in [2.24, 2.45) is 0 Å². The quantitative estimate of drug-likeness (QED) is 0.824. The number of hydrogen-bond acceptors (Lipinski definition) is 4. The SMILES string of the molecule is Cc1ccnn1-c1ccc(C(=O)N2CCCN(S(C)(=O)=O)CC2)cc1. The Bertz CT molecular complexity index is 858. The molecule has 0 atom stereocenters. The highest BCUT2D eigenvalue weighted by Crippen LogP contribution is 2.15. The Labute approximate surface area is 147 Å². The molecule has 0 aliphatic carbocycles. The van der Waals surface area contributed by atoms with Gasteiger partial charge in [-0.3, -0.25) is 4.79 Å². The van der Waals surface area contributed by atoms with Gasteiger partial charge in [-0.1, -0.05) is 0 Å². The minimum Gasteiger partial charge on any atom is -0.337 e. The van der Waals surface area contributed by atoms with E-state index >= 15 is 0 Å². The fourth-order valence-corrected chi connectivity index (χ4v) is 3.87. The molecular formula is C17H22N4O3S. The van der Waals surface area contributed by atoms with E-state index in [0.717, 1.165) is 11.4 Å². The van der Waals surface area contributed by atoms with E-state index in [4.69, 9.17) is 0 Å². The number of aryl methyl sites for hydroxylation is 1. The van der Waals surface area contributed by atoms with E-state index in [9.17, 15) is 13.2 Å². The van der Waals surface area contributed by atoms with E-state index in [-0.39, 0.29) is 5.91 Å². The Morgan fingerprint density at radius 3 is 2.36 bits per heavy atom. The predicted octanol–water partition coefficient (Wildman–Crippen LogP) is 1.29. The van der Waals surface area contributed by atoms with Crippen LogP contribution >= 0.6 is 0 Å². The van der Waals surface area contributed by atoms with Crippen LogP contribution in [0.5, 0.6) is 0 Å². The van der Waals surface area contributed by atoms with Crippen molar-refractivity contribution in [1.29, 1.82) is 0 Å². The number of sulfonamides is 1. The second-order valence-corrected chi connectivity index (χ2v) is 8.22. The normalized spacial score (nSPS) is 16.6. The summed E-state index contributed by atoms with van der Waals surface area (Å²) in [4.78, 5) is 14.4. The second kappa shape index (κ2) is 6.97. The first-order chi connectivity index (χ1) is 11.9. The molecule has 0 unspecified atom stereocenters. The molecule has 8 heteroatoms. The van der Waals surface area contributed by atoms with E-state index in [1.807, 2.05) is 29.8 Å². The van der Waals surface area contributed by atoms with Crippen molar-refractivity contribution in [3.8, 4) is 5.69 Å². The lowest BCUT2D eigenvalue weighted by Crippen LogP contribution is -2.36. The van der Waals surface area contributed by atoms with Crippen molar-refractivity contribution in [2.75, 3.05) is 32.4 Å². The molecule has 2 heterocycles. The van der Waals surface area contributed by atoms with Gasteiger partial charge in [-0.15, -0.1) is 0 Å². The Balaban J connectivity index is 1.72. The molecule has 0 N–H and O–H groups in total. The van der Waals surface area contributed by atoms with E-state index in [1.54, 1.807) is 23.2 Å². The van der Waals surface area contributed by atoms with E-state index in [1.165, 1.54) is 10.6 Å². The summed E-state index contributed by atoms with van der Waals surface area (Å²) in [5, 5.41) is 4.25. The van der Waals surface area contributed by atoms with Crippen molar-refractivity contribution in [3.05, 3.63) is 47.8 Å². The maximum Gasteiger partial charge on any atom is 0.253 e. The smallest absolute Gasteiger partial charge is 0.253 e. The van der Waals surface area contributed by atoms with Crippen LogP contribution in [0.3, 0.4) is 0 Å². The second-order valence-electron chi connectivity index (χ2n) is 6.24. The lowest BCUT2D eigenvalue weighted by Gasteiger charge is -2.21. The first-order valence-electron chi connectivity index (χ1n) is 8.22. The van der Waals surface area contributed by atoms with Gasteiger partial charge in [0.05, 0.1) is 11.9 Å². The fraction of sp³-hybridized carbons (Fsp3) is 0.412. The molecular weight excluding hydrogens is 340 g/mol. The standard InChI is InChI=1S/C17H22N4O3S/c1-14-8-9-18-21(14)16-6-4-15(5-7-16)17(22)19-10-3-11-20(13-12-19)25(2,23)24/h4-9H,3,10-13H2,1-2H3. The van der Waals surface area contributed by atoms with E-state index in [2.05, 4.69) is 5.10 Å². The van der Waals surface area contributed by atoms with Gasteiger partial charge >= 0.3 is 0 Å². The molecule has 0 spiro atoms. The van der Waals surface area contributed by atoms with Gasteiger partial charge in [-0.05, 0) is 43.7 Å². The zero-order valence-electron chi connectivity index (χ0n) is 14.4. The predicted molar refractivity (Wildman–Crippen MR) is 95.2 cm³/mol. The van der Waals surface area contributed by atoms with Crippen LogP contribution in [-0.2, 0) is 10.0 Å². The number of hydrogen-bond donors (Lipinski definition) is 0. The fourth-order valence-electron chi connectivity index (χ4n) is 3.00. The summed E-state index contributed by atoms with van der Waals surface area (Å²) < 4.78 is 26.6. The van der Waals surface area contributed by atoms with Crippen molar-refractivity contribution in [3.63, 3.8) is 0 Å². The third kappa shape index (κ3) is 3.91. The van der Waals surface area contributed by atoms with Crippen LogP contribution in [0, 0.1) is 6.92 Å². The summed E-state index contributed by atoms with van der Waals surface area (Å²) in [5.74, 6) is -0.0703. The molecule has 134 valence electrons. The first-order valence-corrected chi connectivity index (χ1v) is 10.1. The average molecular weight is 362 g/mol. The molecule has 1 fully saturated rings. The molecule has 1 aliphatic heterocycles. The van der Waals surface area contributed by atoms with Crippen LogP contribution in [0.2, 0.25) is 0 Å².